The van der Waals surface area contributed by atoms with Crippen LogP contribution >= 0.6 is 62.7 Å². The lowest BCUT2D eigenvalue weighted by atomic mass is 10.0. The van der Waals surface area contributed by atoms with Crippen LogP contribution in [0.2, 0.25) is 15.1 Å². The molecule has 0 amide bonds. The zero-order valence-corrected chi connectivity index (χ0v) is 20.7. The number of piperazine rings is 1. The molecule has 0 N–H and O–H groups in total. The van der Waals surface area contributed by atoms with Gasteiger partial charge in [-0.25, -0.2) is 4.31 Å². The van der Waals surface area contributed by atoms with Crippen molar-refractivity contribution in [3.8, 4) is 0 Å². The van der Waals surface area contributed by atoms with Crippen molar-refractivity contribution in [3.05, 3.63) is 96.8 Å². The molecule has 7 heteroatoms. The van der Waals surface area contributed by atoms with Crippen molar-refractivity contribution in [1.82, 2.24) is 4.31 Å². The lowest BCUT2D eigenvalue weighted by molar-refractivity contribution is 0.367. The summed E-state index contributed by atoms with van der Waals surface area (Å²) in [5.74, 6) is 0. The molecule has 1 saturated heterocycles. The average Bonchev–Trinajstić information content (AvgIpc) is 2.93. The van der Waals surface area contributed by atoms with Crippen LogP contribution in [0.5, 0.6) is 0 Å². The summed E-state index contributed by atoms with van der Waals surface area (Å²) in [6.45, 7) is 2.67. The molecule has 0 aromatic heterocycles. The van der Waals surface area contributed by atoms with E-state index in [0.29, 0.717) is 10.0 Å². The van der Waals surface area contributed by atoms with E-state index in [-0.39, 0.29) is 6.04 Å². The van der Waals surface area contributed by atoms with Crippen molar-refractivity contribution >= 4 is 68.4 Å². The molecule has 0 saturated carbocycles. The number of hydrogen-bond acceptors (Lipinski definition) is 3. The largest absolute Gasteiger partial charge is 0.361 e. The van der Waals surface area contributed by atoms with Gasteiger partial charge in [-0.15, -0.1) is 0 Å². The molecule has 30 heavy (non-hydrogen) atoms. The first-order valence-electron chi connectivity index (χ1n) is 9.62. The molecule has 1 unspecified atom stereocenters. The Morgan fingerprint density at radius 3 is 2.47 bits per heavy atom. The quantitative estimate of drug-likeness (QED) is 0.359. The molecule has 0 radical (unpaired) electrons. The summed E-state index contributed by atoms with van der Waals surface area (Å²) in [5, 5.41) is 2.06. The normalized spacial score (nSPS) is 20.0. The monoisotopic (exact) mass is 540 g/mol. The summed E-state index contributed by atoms with van der Waals surface area (Å²) in [6.07, 6.45) is 9.51. The highest BCUT2D eigenvalue weighted by Gasteiger charge is 2.30. The Bertz CT molecular complexity index is 1000. The van der Waals surface area contributed by atoms with Gasteiger partial charge in [0, 0.05) is 39.1 Å². The topological polar surface area (TPSA) is 6.48 Å². The second-order valence-corrected chi connectivity index (χ2v) is 10.5. The van der Waals surface area contributed by atoms with Gasteiger partial charge < -0.3 is 4.90 Å². The predicted octanol–water partition coefficient (Wildman–Crippen LogP) is 8.28. The minimum absolute atomic E-state index is 0.159. The minimum atomic E-state index is 0.159. The molecule has 2 aliphatic rings. The Morgan fingerprint density at radius 2 is 1.70 bits per heavy atom. The molecular formula is C23H20BrCl3N2S. The molecule has 0 bridgehead atoms. The van der Waals surface area contributed by atoms with E-state index in [1.54, 1.807) is 0 Å². The van der Waals surface area contributed by atoms with Crippen LogP contribution in [0, 0.1) is 0 Å². The van der Waals surface area contributed by atoms with E-state index in [1.807, 2.05) is 42.3 Å². The van der Waals surface area contributed by atoms with Crippen LogP contribution in [-0.4, -0.2) is 23.9 Å². The number of benzene rings is 2. The lowest BCUT2D eigenvalue weighted by Crippen LogP contribution is -2.46. The van der Waals surface area contributed by atoms with Gasteiger partial charge in [0.15, 0.2) is 0 Å². The second-order valence-electron chi connectivity index (χ2n) is 7.13. The summed E-state index contributed by atoms with van der Waals surface area (Å²) in [4.78, 5) is 3.70. The maximum absolute atomic E-state index is 6.57. The molecule has 1 atom stereocenters. The number of allylic oxidation sites excluding steroid dienone is 6. The van der Waals surface area contributed by atoms with Crippen molar-refractivity contribution in [2.45, 2.75) is 12.5 Å². The highest BCUT2D eigenvalue weighted by Crippen LogP contribution is 2.39. The molecule has 1 heterocycles. The van der Waals surface area contributed by atoms with Gasteiger partial charge in [0.25, 0.3) is 0 Å². The third-order valence-corrected chi connectivity index (χ3v) is 7.53. The minimum Gasteiger partial charge on any atom is -0.361 e. The van der Waals surface area contributed by atoms with Crippen molar-refractivity contribution < 1.29 is 0 Å². The first-order chi connectivity index (χ1) is 14.5. The fourth-order valence-electron chi connectivity index (χ4n) is 3.63. The molecule has 0 spiro atoms. The van der Waals surface area contributed by atoms with E-state index in [4.69, 9.17) is 34.8 Å². The smallest absolute Gasteiger partial charge is 0.0680 e. The van der Waals surface area contributed by atoms with Crippen molar-refractivity contribution in [1.29, 1.82) is 0 Å². The molecule has 2 nitrogen and oxygen atoms in total. The molecule has 2 aromatic carbocycles. The number of hydrogen-bond donors (Lipinski definition) is 0. The highest BCUT2D eigenvalue weighted by atomic mass is 79.9. The summed E-state index contributed by atoms with van der Waals surface area (Å²) in [7, 11) is 0. The van der Waals surface area contributed by atoms with Crippen LogP contribution in [0.3, 0.4) is 0 Å². The van der Waals surface area contributed by atoms with E-state index < -0.39 is 0 Å². The van der Waals surface area contributed by atoms with Crippen LogP contribution in [0.15, 0.2) is 76.2 Å². The third kappa shape index (κ3) is 5.48. The molecule has 4 rings (SSSR count). The number of nitrogens with zero attached hydrogens (tertiary/aromatic N) is 2. The van der Waals surface area contributed by atoms with Crippen molar-refractivity contribution in [2.75, 3.05) is 24.5 Å². The Labute approximate surface area is 205 Å². The van der Waals surface area contributed by atoms with E-state index in [2.05, 4.69) is 61.6 Å². The van der Waals surface area contributed by atoms with Crippen LogP contribution in [0.4, 0.5) is 5.69 Å². The number of anilines is 1. The van der Waals surface area contributed by atoms with Gasteiger partial charge >= 0.3 is 0 Å². The van der Waals surface area contributed by atoms with Gasteiger partial charge in [0.2, 0.25) is 0 Å². The van der Waals surface area contributed by atoms with Gasteiger partial charge in [-0.05, 0) is 66.4 Å². The van der Waals surface area contributed by atoms with Gasteiger partial charge in [0.05, 0.1) is 16.8 Å². The first-order valence-corrected chi connectivity index (χ1v) is 12.3. The molecule has 1 aliphatic heterocycles. The van der Waals surface area contributed by atoms with E-state index in [1.165, 1.54) is 10.5 Å². The molecule has 1 fully saturated rings. The highest BCUT2D eigenvalue weighted by molar-refractivity contribution is 9.11. The van der Waals surface area contributed by atoms with Crippen LogP contribution in [0.1, 0.15) is 18.0 Å². The summed E-state index contributed by atoms with van der Waals surface area (Å²) in [6, 6.07) is 14.0. The standard InChI is InChI=1S/C23H20BrCl3N2S/c24-17-2-1-3-20(10-6-17)30-28-12-13-29(22-11-9-19(26)14-21(22)27)23(15-28)16-4-7-18(25)8-5-16/h1-2,4-11,14,23H,3,12-13,15H2. The fraction of sp³-hybridized carbons (Fsp3) is 0.217. The zero-order chi connectivity index (χ0) is 21.1. The first kappa shape index (κ1) is 22.3. The van der Waals surface area contributed by atoms with E-state index in [9.17, 15) is 0 Å². The van der Waals surface area contributed by atoms with Crippen LogP contribution in [0.25, 0.3) is 0 Å². The Balaban J connectivity index is 1.60. The summed E-state index contributed by atoms with van der Waals surface area (Å²) in [5.41, 5.74) is 2.22. The second kappa shape index (κ2) is 10.2. The zero-order valence-electron chi connectivity index (χ0n) is 16.1. The molecule has 1 aliphatic carbocycles. The maximum Gasteiger partial charge on any atom is 0.0680 e. The Morgan fingerprint density at radius 1 is 0.933 bits per heavy atom. The van der Waals surface area contributed by atoms with Gasteiger partial charge in [0.1, 0.15) is 0 Å². The molecule has 156 valence electrons. The van der Waals surface area contributed by atoms with Crippen molar-refractivity contribution in [2.24, 2.45) is 0 Å². The summed E-state index contributed by atoms with van der Waals surface area (Å²) < 4.78 is 3.53. The van der Waals surface area contributed by atoms with E-state index >= 15 is 0 Å². The molecule has 2 aromatic rings. The predicted molar refractivity (Wildman–Crippen MR) is 136 cm³/mol. The average molecular weight is 543 g/mol. The van der Waals surface area contributed by atoms with E-state index in [0.717, 1.165) is 41.2 Å². The summed E-state index contributed by atoms with van der Waals surface area (Å²) >= 11 is 24.2. The molecular weight excluding hydrogens is 523 g/mol. The Hall–Kier alpha value is -0.880. The third-order valence-electron chi connectivity index (χ3n) is 5.09. The number of halogens is 4. The fourth-order valence-corrected chi connectivity index (χ4v) is 5.61. The van der Waals surface area contributed by atoms with Gasteiger partial charge in [-0.1, -0.05) is 75.0 Å². The number of rotatable bonds is 4. The van der Waals surface area contributed by atoms with Gasteiger partial charge in [-0.2, -0.15) is 0 Å². The Kier molecular flexibility index (Phi) is 7.56. The SMILES string of the molecule is Clc1ccc(C2CN(SC3=CC=C(Br)C=CC3)CCN2c2ccc(Cl)cc2Cl)cc1. The van der Waals surface area contributed by atoms with Crippen molar-refractivity contribution in [3.63, 3.8) is 0 Å². The lowest BCUT2D eigenvalue weighted by Gasteiger charge is -2.43. The van der Waals surface area contributed by atoms with Crippen LogP contribution < -0.4 is 4.90 Å². The maximum atomic E-state index is 6.57. The van der Waals surface area contributed by atoms with Crippen LogP contribution in [-0.2, 0) is 0 Å². The van der Waals surface area contributed by atoms with Gasteiger partial charge in [-0.3, -0.25) is 0 Å².